The van der Waals surface area contributed by atoms with E-state index in [1.807, 2.05) is 7.05 Å². The number of rotatable bonds is 5. The van der Waals surface area contributed by atoms with Crippen LogP contribution in [0.5, 0.6) is 0 Å². The van der Waals surface area contributed by atoms with Crippen molar-refractivity contribution in [2.75, 3.05) is 60.0 Å². The minimum Gasteiger partial charge on any atom is -0.384 e. The summed E-state index contributed by atoms with van der Waals surface area (Å²) in [5.74, 6) is 1.71. The van der Waals surface area contributed by atoms with Crippen LogP contribution in [0.4, 0.5) is 0 Å². The van der Waals surface area contributed by atoms with Crippen LogP contribution in [0, 0.1) is 5.92 Å². The van der Waals surface area contributed by atoms with Crippen LogP contribution in [0.15, 0.2) is 4.99 Å². The van der Waals surface area contributed by atoms with Gasteiger partial charge in [0.05, 0.1) is 6.61 Å². The molecule has 1 unspecified atom stereocenters. The summed E-state index contributed by atoms with van der Waals surface area (Å²) in [7, 11) is 3.66. The van der Waals surface area contributed by atoms with E-state index in [-0.39, 0.29) is 0 Å². The molecule has 2 rings (SSSR count). The first-order valence-electron chi connectivity index (χ1n) is 7.50. The highest BCUT2D eigenvalue weighted by Gasteiger charge is 2.24. The third-order valence-electron chi connectivity index (χ3n) is 4.11. The SMILES string of the molecule is CN=C(NCCN1CCCC1)N1CCC(COC)C1. The summed E-state index contributed by atoms with van der Waals surface area (Å²) in [6.07, 6.45) is 3.93. The van der Waals surface area contributed by atoms with Gasteiger partial charge in [-0.1, -0.05) is 0 Å². The lowest BCUT2D eigenvalue weighted by Gasteiger charge is -2.23. The second-order valence-electron chi connectivity index (χ2n) is 5.58. The van der Waals surface area contributed by atoms with Gasteiger partial charge in [0.1, 0.15) is 0 Å². The molecule has 2 saturated heterocycles. The zero-order valence-corrected chi connectivity index (χ0v) is 12.4. The van der Waals surface area contributed by atoms with Crippen molar-refractivity contribution in [3.8, 4) is 0 Å². The fraction of sp³-hybridized carbons (Fsp3) is 0.929. The van der Waals surface area contributed by atoms with Crippen molar-refractivity contribution in [3.63, 3.8) is 0 Å². The Labute approximate surface area is 117 Å². The Morgan fingerprint density at radius 2 is 2.11 bits per heavy atom. The number of nitrogens with zero attached hydrogens (tertiary/aromatic N) is 3. The van der Waals surface area contributed by atoms with E-state index in [9.17, 15) is 0 Å². The molecule has 110 valence electrons. The Hall–Kier alpha value is -0.810. The average molecular weight is 268 g/mol. The molecule has 2 fully saturated rings. The maximum absolute atomic E-state index is 5.24. The number of aliphatic imine (C=N–C) groups is 1. The zero-order chi connectivity index (χ0) is 13.5. The number of guanidine groups is 1. The number of hydrogen-bond donors (Lipinski definition) is 1. The standard InChI is InChI=1S/C14H28N4O/c1-15-14(16-6-10-17-7-3-4-8-17)18-9-5-13(11-18)12-19-2/h13H,3-12H2,1-2H3,(H,15,16). The Balaban J connectivity index is 1.68. The summed E-state index contributed by atoms with van der Waals surface area (Å²) < 4.78 is 5.24. The van der Waals surface area contributed by atoms with Crippen LogP contribution in [-0.2, 0) is 4.74 Å². The van der Waals surface area contributed by atoms with Crippen LogP contribution < -0.4 is 5.32 Å². The van der Waals surface area contributed by atoms with Crippen molar-refractivity contribution < 1.29 is 4.74 Å². The molecule has 1 atom stereocenters. The predicted octanol–water partition coefficient (Wildman–Crippen LogP) is 0.626. The van der Waals surface area contributed by atoms with E-state index in [1.54, 1.807) is 7.11 Å². The van der Waals surface area contributed by atoms with Crippen LogP contribution >= 0.6 is 0 Å². The van der Waals surface area contributed by atoms with E-state index >= 15 is 0 Å². The third-order valence-corrected chi connectivity index (χ3v) is 4.11. The number of methoxy groups -OCH3 is 1. The molecular weight excluding hydrogens is 240 g/mol. The molecule has 2 aliphatic rings. The molecule has 0 radical (unpaired) electrons. The van der Waals surface area contributed by atoms with Crippen LogP contribution in [0.25, 0.3) is 0 Å². The van der Waals surface area contributed by atoms with Gasteiger partial charge in [-0.2, -0.15) is 0 Å². The molecule has 5 nitrogen and oxygen atoms in total. The minimum absolute atomic E-state index is 0.655. The van der Waals surface area contributed by atoms with E-state index < -0.39 is 0 Å². The van der Waals surface area contributed by atoms with Crippen molar-refractivity contribution in [1.82, 2.24) is 15.1 Å². The molecule has 0 saturated carbocycles. The summed E-state index contributed by atoms with van der Waals surface area (Å²) in [5.41, 5.74) is 0. The first-order chi connectivity index (χ1) is 9.33. The average Bonchev–Trinajstić information content (AvgIpc) is 3.06. The second-order valence-corrected chi connectivity index (χ2v) is 5.58. The fourth-order valence-corrected chi connectivity index (χ4v) is 3.06. The van der Waals surface area contributed by atoms with Gasteiger partial charge in [-0.05, 0) is 32.4 Å². The molecular formula is C14H28N4O. The lowest BCUT2D eigenvalue weighted by molar-refractivity contribution is 0.157. The Bertz CT molecular complexity index is 289. The van der Waals surface area contributed by atoms with Crippen LogP contribution in [-0.4, -0.2) is 75.8 Å². The Morgan fingerprint density at radius 3 is 2.79 bits per heavy atom. The normalized spacial score (nSPS) is 25.3. The quantitative estimate of drug-likeness (QED) is 0.586. The topological polar surface area (TPSA) is 40.1 Å². The van der Waals surface area contributed by atoms with Gasteiger partial charge in [0, 0.05) is 46.3 Å². The van der Waals surface area contributed by atoms with Crippen molar-refractivity contribution in [2.24, 2.45) is 10.9 Å². The molecule has 0 bridgehead atoms. The molecule has 2 heterocycles. The maximum atomic E-state index is 5.24. The van der Waals surface area contributed by atoms with E-state index in [0.717, 1.165) is 38.7 Å². The summed E-state index contributed by atoms with van der Waals surface area (Å²) in [6.45, 7) is 7.68. The zero-order valence-electron chi connectivity index (χ0n) is 12.4. The lowest BCUT2D eigenvalue weighted by Crippen LogP contribution is -2.43. The van der Waals surface area contributed by atoms with Crippen LogP contribution in [0.1, 0.15) is 19.3 Å². The van der Waals surface area contributed by atoms with E-state index in [1.165, 1.54) is 32.4 Å². The van der Waals surface area contributed by atoms with Crippen molar-refractivity contribution >= 4 is 5.96 Å². The number of likely N-dealkylation sites (tertiary alicyclic amines) is 2. The van der Waals surface area contributed by atoms with Gasteiger partial charge in [-0.15, -0.1) is 0 Å². The molecule has 2 aliphatic heterocycles. The van der Waals surface area contributed by atoms with Gasteiger partial charge in [0.2, 0.25) is 0 Å². The molecule has 0 aliphatic carbocycles. The van der Waals surface area contributed by atoms with Gasteiger partial charge in [0.15, 0.2) is 5.96 Å². The predicted molar refractivity (Wildman–Crippen MR) is 78.6 cm³/mol. The summed E-state index contributed by atoms with van der Waals surface area (Å²) >= 11 is 0. The van der Waals surface area contributed by atoms with Gasteiger partial charge in [0.25, 0.3) is 0 Å². The van der Waals surface area contributed by atoms with Crippen molar-refractivity contribution in [3.05, 3.63) is 0 Å². The van der Waals surface area contributed by atoms with Gasteiger partial charge in [-0.3, -0.25) is 4.99 Å². The highest BCUT2D eigenvalue weighted by atomic mass is 16.5. The van der Waals surface area contributed by atoms with Crippen LogP contribution in [0.2, 0.25) is 0 Å². The van der Waals surface area contributed by atoms with Gasteiger partial charge >= 0.3 is 0 Å². The number of hydrogen-bond acceptors (Lipinski definition) is 3. The van der Waals surface area contributed by atoms with Crippen molar-refractivity contribution in [1.29, 1.82) is 0 Å². The number of ether oxygens (including phenoxy) is 1. The van der Waals surface area contributed by atoms with E-state index in [2.05, 4.69) is 20.1 Å². The maximum Gasteiger partial charge on any atom is 0.193 e. The molecule has 1 N–H and O–H groups in total. The summed E-state index contributed by atoms with van der Waals surface area (Å²) in [6, 6.07) is 0. The van der Waals surface area contributed by atoms with Gasteiger partial charge in [-0.25, -0.2) is 0 Å². The minimum atomic E-state index is 0.655. The molecule has 0 aromatic carbocycles. The molecule has 0 amide bonds. The first-order valence-corrected chi connectivity index (χ1v) is 7.50. The molecule has 0 spiro atoms. The molecule has 5 heteroatoms. The molecule has 0 aromatic rings. The third kappa shape index (κ3) is 4.35. The second kappa shape index (κ2) is 7.70. The highest BCUT2D eigenvalue weighted by molar-refractivity contribution is 5.80. The van der Waals surface area contributed by atoms with Crippen LogP contribution in [0.3, 0.4) is 0 Å². The first kappa shape index (κ1) is 14.6. The smallest absolute Gasteiger partial charge is 0.193 e. The van der Waals surface area contributed by atoms with E-state index in [0.29, 0.717) is 5.92 Å². The lowest BCUT2D eigenvalue weighted by atomic mass is 10.1. The van der Waals surface area contributed by atoms with E-state index in [4.69, 9.17) is 4.74 Å². The monoisotopic (exact) mass is 268 g/mol. The Morgan fingerprint density at radius 1 is 1.32 bits per heavy atom. The fourth-order valence-electron chi connectivity index (χ4n) is 3.06. The highest BCUT2D eigenvalue weighted by Crippen LogP contribution is 2.16. The van der Waals surface area contributed by atoms with Crippen molar-refractivity contribution in [2.45, 2.75) is 19.3 Å². The molecule has 0 aromatic heterocycles. The summed E-state index contributed by atoms with van der Waals surface area (Å²) in [4.78, 5) is 9.28. The largest absolute Gasteiger partial charge is 0.384 e. The summed E-state index contributed by atoms with van der Waals surface area (Å²) in [5, 5.41) is 3.49. The molecule has 19 heavy (non-hydrogen) atoms. The Kier molecular flexibility index (Phi) is 5.92. The van der Waals surface area contributed by atoms with Gasteiger partial charge < -0.3 is 19.9 Å². The number of nitrogens with one attached hydrogen (secondary N) is 1.